The van der Waals surface area contributed by atoms with Crippen molar-refractivity contribution in [2.45, 2.75) is 45.3 Å². The maximum Gasteiger partial charge on any atom is 0.433 e. The van der Waals surface area contributed by atoms with Crippen molar-refractivity contribution >= 4 is 27.8 Å². The lowest BCUT2D eigenvalue weighted by Crippen LogP contribution is -2.35. The van der Waals surface area contributed by atoms with Gasteiger partial charge in [0.25, 0.3) is 0 Å². The zero-order valence-corrected chi connectivity index (χ0v) is 17.5. The number of halogens is 3. The average molecular weight is 439 g/mol. The summed E-state index contributed by atoms with van der Waals surface area (Å²) in [7, 11) is 0. The Balaban J connectivity index is 1.55. The van der Waals surface area contributed by atoms with E-state index in [0.29, 0.717) is 41.7 Å². The lowest BCUT2D eigenvalue weighted by Gasteiger charge is -2.26. The molecule has 0 fully saturated rings. The van der Waals surface area contributed by atoms with E-state index in [0.717, 1.165) is 28.0 Å². The standard InChI is InChI=1S/C23H20F3N5O/c1-12-20-13(2)30-31(21(20)15-6-3-4-7-18(15)27-12)22(32)29-17-9-5-8-16-14(17)10-11-19(28-16)23(24,25)26/h3-4,6-7,10-11,17H,5,8-9H2,1-2H3,(H,29,32)/t17-/m1/s1. The molecule has 0 radical (unpaired) electrons. The maximum atomic E-state index is 13.3. The van der Waals surface area contributed by atoms with Gasteiger partial charge in [0, 0.05) is 22.2 Å². The van der Waals surface area contributed by atoms with Gasteiger partial charge in [-0.05, 0) is 50.8 Å². The summed E-state index contributed by atoms with van der Waals surface area (Å²) < 4.78 is 40.5. The SMILES string of the molecule is Cc1nc2ccccc2c2c1c(C)nn2C(=O)N[C@@H]1CCCc2nc(C(F)(F)F)ccc21. The molecule has 0 bridgehead atoms. The number of fused-ring (bicyclic) bond motifs is 4. The van der Waals surface area contributed by atoms with Crippen LogP contribution in [-0.4, -0.2) is 25.8 Å². The molecule has 164 valence electrons. The van der Waals surface area contributed by atoms with Crippen LogP contribution in [0, 0.1) is 13.8 Å². The number of aryl methyl sites for hydroxylation is 3. The lowest BCUT2D eigenvalue weighted by atomic mass is 9.91. The molecule has 0 aliphatic heterocycles. The van der Waals surface area contributed by atoms with Gasteiger partial charge in [-0.3, -0.25) is 4.98 Å². The summed E-state index contributed by atoms with van der Waals surface area (Å²) in [4.78, 5) is 21.7. The minimum absolute atomic E-state index is 0.378. The van der Waals surface area contributed by atoms with Crippen molar-refractivity contribution in [1.82, 2.24) is 25.1 Å². The van der Waals surface area contributed by atoms with Crippen LogP contribution >= 0.6 is 0 Å². The number of carbonyl (C=O) groups is 1. The van der Waals surface area contributed by atoms with Crippen molar-refractivity contribution in [3.8, 4) is 0 Å². The number of para-hydroxylation sites is 1. The third kappa shape index (κ3) is 3.28. The second kappa shape index (κ2) is 7.29. The van der Waals surface area contributed by atoms with E-state index in [4.69, 9.17) is 0 Å². The summed E-state index contributed by atoms with van der Waals surface area (Å²) in [6, 6.07) is 9.07. The third-order valence-corrected chi connectivity index (χ3v) is 5.94. The zero-order valence-electron chi connectivity index (χ0n) is 17.5. The molecule has 0 saturated carbocycles. The second-order valence-corrected chi connectivity index (χ2v) is 8.06. The summed E-state index contributed by atoms with van der Waals surface area (Å²) in [5.41, 5.74) is 2.99. The first kappa shape index (κ1) is 20.4. The Morgan fingerprint density at radius 3 is 2.66 bits per heavy atom. The van der Waals surface area contributed by atoms with Gasteiger partial charge in [-0.15, -0.1) is 0 Å². The van der Waals surface area contributed by atoms with E-state index in [1.165, 1.54) is 10.7 Å². The van der Waals surface area contributed by atoms with Crippen LogP contribution in [0.3, 0.4) is 0 Å². The Morgan fingerprint density at radius 2 is 1.88 bits per heavy atom. The van der Waals surface area contributed by atoms with Crippen LogP contribution in [-0.2, 0) is 12.6 Å². The van der Waals surface area contributed by atoms with Crippen molar-refractivity contribution in [3.05, 3.63) is 64.7 Å². The van der Waals surface area contributed by atoms with Crippen LogP contribution in [0.2, 0.25) is 0 Å². The van der Waals surface area contributed by atoms with Crippen LogP contribution in [0.5, 0.6) is 0 Å². The Hall–Kier alpha value is -3.49. The fourth-order valence-electron chi connectivity index (χ4n) is 4.54. The number of pyridine rings is 2. The van der Waals surface area contributed by atoms with Crippen molar-refractivity contribution < 1.29 is 18.0 Å². The van der Waals surface area contributed by atoms with Crippen molar-refractivity contribution in [2.24, 2.45) is 0 Å². The summed E-state index contributed by atoms with van der Waals surface area (Å²) in [6.07, 6.45) is -2.79. The number of benzene rings is 1. The highest BCUT2D eigenvalue weighted by Crippen LogP contribution is 2.34. The van der Waals surface area contributed by atoms with E-state index in [9.17, 15) is 18.0 Å². The number of aromatic nitrogens is 4. The molecular weight excluding hydrogens is 419 g/mol. The molecule has 1 amide bonds. The zero-order chi connectivity index (χ0) is 22.6. The maximum absolute atomic E-state index is 13.3. The predicted molar refractivity (Wildman–Crippen MR) is 113 cm³/mol. The van der Waals surface area contributed by atoms with Crippen LogP contribution in [0.1, 0.15) is 47.2 Å². The lowest BCUT2D eigenvalue weighted by molar-refractivity contribution is -0.141. The van der Waals surface area contributed by atoms with Gasteiger partial charge < -0.3 is 5.32 Å². The van der Waals surface area contributed by atoms with Gasteiger partial charge in [-0.2, -0.15) is 23.0 Å². The molecule has 5 rings (SSSR count). The molecule has 0 saturated heterocycles. The molecule has 32 heavy (non-hydrogen) atoms. The van der Waals surface area contributed by atoms with Crippen molar-refractivity contribution in [1.29, 1.82) is 0 Å². The topological polar surface area (TPSA) is 72.7 Å². The second-order valence-electron chi connectivity index (χ2n) is 8.06. The first-order valence-corrected chi connectivity index (χ1v) is 10.4. The van der Waals surface area contributed by atoms with Gasteiger partial charge in [0.05, 0.1) is 22.8 Å². The molecule has 4 aromatic rings. The molecular formula is C23H20F3N5O. The molecule has 1 atom stereocenters. The smallest absolute Gasteiger partial charge is 0.329 e. The highest BCUT2D eigenvalue weighted by molar-refractivity contribution is 6.08. The van der Waals surface area contributed by atoms with Crippen LogP contribution in [0.25, 0.3) is 21.8 Å². The number of alkyl halides is 3. The van der Waals surface area contributed by atoms with E-state index in [-0.39, 0.29) is 0 Å². The van der Waals surface area contributed by atoms with Gasteiger partial charge >= 0.3 is 12.2 Å². The number of carbonyl (C=O) groups excluding carboxylic acids is 1. The van der Waals surface area contributed by atoms with Crippen molar-refractivity contribution in [3.63, 3.8) is 0 Å². The van der Waals surface area contributed by atoms with Crippen LogP contribution in [0.15, 0.2) is 36.4 Å². The monoisotopic (exact) mass is 439 g/mol. The Morgan fingerprint density at radius 1 is 1.09 bits per heavy atom. The largest absolute Gasteiger partial charge is 0.433 e. The van der Waals surface area contributed by atoms with Crippen LogP contribution in [0.4, 0.5) is 18.0 Å². The minimum atomic E-state index is -4.50. The first-order chi connectivity index (χ1) is 15.2. The van der Waals surface area contributed by atoms with Gasteiger partial charge in [0.2, 0.25) is 0 Å². The Bertz CT molecular complexity index is 1380. The van der Waals surface area contributed by atoms with Gasteiger partial charge in [0.15, 0.2) is 0 Å². The molecule has 9 heteroatoms. The molecule has 6 nitrogen and oxygen atoms in total. The third-order valence-electron chi connectivity index (χ3n) is 5.94. The van der Waals surface area contributed by atoms with Gasteiger partial charge in [-0.25, -0.2) is 9.78 Å². The Kier molecular flexibility index (Phi) is 4.65. The predicted octanol–water partition coefficient (Wildman–Crippen LogP) is 5.25. The molecule has 0 spiro atoms. The van der Waals surface area contributed by atoms with Gasteiger partial charge in [-0.1, -0.05) is 24.3 Å². The molecule has 1 N–H and O–H groups in total. The normalized spacial score (nSPS) is 16.3. The molecule has 1 aromatic carbocycles. The summed E-state index contributed by atoms with van der Waals surface area (Å²) in [5.74, 6) is 0. The molecule has 0 unspecified atom stereocenters. The Labute approximate surface area is 181 Å². The fourth-order valence-corrected chi connectivity index (χ4v) is 4.54. The van der Waals surface area contributed by atoms with E-state index in [1.54, 1.807) is 0 Å². The average Bonchev–Trinajstić information content (AvgIpc) is 3.11. The summed E-state index contributed by atoms with van der Waals surface area (Å²) in [6.45, 7) is 3.71. The highest BCUT2D eigenvalue weighted by atomic mass is 19.4. The molecule has 3 heterocycles. The number of rotatable bonds is 1. The minimum Gasteiger partial charge on any atom is -0.329 e. The number of hydrogen-bond acceptors (Lipinski definition) is 4. The quantitative estimate of drug-likeness (QED) is 0.440. The van der Waals surface area contributed by atoms with E-state index in [1.807, 2.05) is 38.1 Å². The van der Waals surface area contributed by atoms with Gasteiger partial charge in [0.1, 0.15) is 5.69 Å². The van der Waals surface area contributed by atoms with Crippen molar-refractivity contribution in [2.75, 3.05) is 0 Å². The molecule has 1 aliphatic carbocycles. The summed E-state index contributed by atoms with van der Waals surface area (Å²) in [5, 5.41) is 9.06. The fraction of sp³-hybridized carbons (Fsp3) is 0.304. The van der Waals surface area contributed by atoms with E-state index in [2.05, 4.69) is 20.4 Å². The summed E-state index contributed by atoms with van der Waals surface area (Å²) >= 11 is 0. The molecule has 1 aliphatic rings. The van der Waals surface area contributed by atoms with E-state index < -0.39 is 23.9 Å². The number of hydrogen-bond donors (Lipinski definition) is 1. The van der Waals surface area contributed by atoms with E-state index >= 15 is 0 Å². The number of amides is 1. The van der Waals surface area contributed by atoms with Crippen LogP contribution < -0.4 is 5.32 Å². The molecule has 3 aromatic heterocycles. The first-order valence-electron chi connectivity index (χ1n) is 10.4. The number of nitrogens with one attached hydrogen (secondary N) is 1. The highest BCUT2D eigenvalue weighted by Gasteiger charge is 2.34. The number of nitrogens with zero attached hydrogens (tertiary/aromatic N) is 4.